The van der Waals surface area contributed by atoms with Gasteiger partial charge in [0.25, 0.3) is 0 Å². The van der Waals surface area contributed by atoms with E-state index in [2.05, 4.69) is 5.32 Å². The quantitative estimate of drug-likeness (QED) is 0.655. The monoisotopic (exact) mass is 368 g/mol. The molecule has 1 N–H and O–H groups in total. The van der Waals surface area contributed by atoms with Crippen molar-refractivity contribution in [1.82, 2.24) is 10.2 Å². The highest BCUT2D eigenvalue weighted by molar-refractivity contribution is 5.84. The van der Waals surface area contributed by atoms with E-state index in [-0.39, 0.29) is 18.4 Å². The fourth-order valence-electron chi connectivity index (χ4n) is 2.69. The van der Waals surface area contributed by atoms with Gasteiger partial charge in [-0.25, -0.2) is 0 Å². The number of nitrogens with one attached hydrogen (secondary N) is 1. The topological polar surface area (TPSA) is 58.6 Å². The van der Waals surface area contributed by atoms with Crippen molar-refractivity contribution in [2.45, 2.75) is 33.2 Å². The third kappa shape index (κ3) is 7.13. The molecule has 0 unspecified atom stereocenters. The van der Waals surface area contributed by atoms with Crippen LogP contribution < -0.4 is 10.1 Å². The Morgan fingerprint density at radius 3 is 2.44 bits per heavy atom. The Bertz CT molecular complexity index is 731. The number of likely N-dealkylation sites (N-methyl/N-ethyl adjacent to an activating group) is 1. The minimum absolute atomic E-state index is 0.0259. The van der Waals surface area contributed by atoms with E-state index in [0.717, 1.165) is 16.9 Å². The van der Waals surface area contributed by atoms with E-state index in [0.29, 0.717) is 32.5 Å². The Hall–Kier alpha value is -2.82. The minimum Gasteiger partial charge on any atom is -0.493 e. The predicted octanol–water partition coefficient (Wildman–Crippen LogP) is 3.32. The summed E-state index contributed by atoms with van der Waals surface area (Å²) in [6.07, 6.45) is 0.944. The number of rotatable bonds is 10. The highest BCUT2D eigenvalue weighted by Crippen LogP contribution is 2.16. The molecule has 27 heavy (non-hydrogen) atoms. The van der Waals surface area contributed by atoms with Crippen LogP contribution in [0.2, 0.25) is 0 Å². The molecule has 2 aromatic rings. The van der Waals surface area contributed by atoms with Crippen molar-refractivity contribution >= 4 is 11.8 Å². The number of aryl methyl sites for hydroxylation is 1. The van der Waals surface area contributed by atoms with Crippen molar-refractivity contribution in [2.24, 2.45) is 0 Å². The summed E-state index contributed by atoms with van der Waals surface area (Å²) in [7, 11) is 0. The van der Waals surface area contributed by atoms with Crippen LogP contribution in [-0.2, 0) is 16.1 Å². The zero-order valence-electron chi connectivity index (χ0n) is 16.1. The van der Waals surface area contributed by atoms with Gasteiger partial charge in [0.1, 0.15) is 5.75 Å². The lowest BCUT2D eigenvalue weighted by Gasteiger charge is -2.21. The van der Waals surface area contributed by atoms with Crippen molar-refractivity contribution in [3.05, 3.63) is 65.7 Å². The van der Waals surface area contributed by atoms with Crippen molar-refractivity contribution in [1.29, 1.82) is 0 Å². The van der Waals surface area contributed by atoms with E-state index in [1.165, 1.54) is 0 Å². The number of ether oxygens (including phenoxy) is 1. The minimum atomic E-state index is -0.132. The molecule has 0 radical (unpaired) electrons. The number of para-hydroxylation sites is 1. The zero-order valence-corrected chi connectivity index (χ0v) is 16.1. The third-order valence-electron chi connectivity index (χ3n) is 4.29. The van der Waals surface area contributed by atoms with E-state index < -0.39 is 0 Å². The molecule has 2 amide bonds. The third-order valence-corrected chi connectivity index (χ3v) is 4.29. The van der Waals surface area contributed by atoms with Crippen LogP contribution in [0.15, 0.2) is 54.6 Å². The molecule has 0 aliphatic rings. The Balaban J connectivity index is 1.66. The molecule has 0 heterocycles. The zero-order chi connectivity index (χ0) is 19.5. The van der Waals surface area contributed by atoms with Gasteiger partial charge in [0.15, 0.2) is 0 Å². The number of hydrogen-bond acceptors (Lipinski definition) is 3. The molecule has 2 aromatic carbocycles. The van der Waals surface area contributed by atoms with Crippen LogP contribution in [0, 0.1) is 6.92 Å². The summed E-state index contributed by atoms with van der Waals surface area (Å²) in [4.78, 5) is 26.0. The average Bonchev–Trinajstić information content (AvgIpc) is 2.69. The van der Waals surface area contributed by atoms with Crippen molar-refractivity contribution in [3.8, 4) is 5.75 Å². The molecule has 0 fully saturated rings. The summed E-state index contributed by atoms with van der Waals surface area (Å²) in [6, 6.07) is 17.6. The van der Waals surface area contributed by atoms with E-state index >= 15 is 0 Å². The van der Waals surface area contributed by atoms with Gasteiger partial charge in [-0.05, 0) is 37.5 Å². The SMILES string of the molecule is CCN(Cc1ccccc1)C(=O)CNC(=O)CCCOc1ccccc1C. The molecule has 5 heteroatoms. The Kier molecular flexibility index (Phi) is 8.36. The molecule has 0 saturated carbocycles. The molecule has 5 nitrogen and oxygen atoms in total. The standard InChI is InChI=1S/C22H28N2O3/c1-3-24(17-19-11-5-4-6-12-19)22(26)16-23-21(25)14-9-15-27-20-13-8-7-10-18(20)2/h4-8,10-13H,3,9,14-17H2,1-2H3,(H,23,25). The molecular formula is C22H28N2O3. The number of benzene rings is 2. The summed E-state index contributed by atoms with van der Waals surface area (Å²) >= 11 is 0. The average molecular weight is 368 g/mol. The molecule has 144 valence electrons. The molecule has 2 rings (SSSR count). The van der Waals surface area contributed by atoms with E-state index in [4.69, 9.17) is 4.74 Å². The Morgan fingerprint density at radius 2 is 1.74 bits per heavy atom. The van der Waals surface area contributed by atoms with Crippen molar-refractivity contribution < 1.29 is 14.3 Å². The van der Waals surface area contributed by atoms with Crippen LogP contribution >= 0.6 is 0 Å². The number of amides is 2. The summed E-state index contributed by atoms with van der Waals surface area (Å²) in [5.74, 6) is 0.631. The van der Waals surface area contributed by atoms with E-state index in [1.807, 2.05) is 68.4 Å². The molecule has 0 bridgehead atoms. The summed E-state index contributed by atoms with van der Waals surface area (Å²) < 4.78 is 5.68. The van der Waals surface area contributed by atoms with Gasteiger partial charge in [-0.1, -0.05) is 48.5 Å². The normalized spacial score (nSPS) is 10.3. The second-order valence-corrected chi connectivity index (χ2v) is 6.39. The summed E-state index contributed by atoms with van der Waals surface area (Å²) in [5.41, 5.74) is 2.15. The van der Waals surface area contributed by atoms with Crippen LogP contribution in [0.25, 0.3) is 0 Å². The lowest BCUT2D eigenvalue weighted by atomic mass is 10.2. The molecule has 0 atom stereocenters. The second kappa shape index (κ2) is 11.0. The van der Waals surface area contributed by atoms with Gasteiger partial charge < -0.3 is 15.0 Å². The maximum Gasteiger partial charge on any atom is 0.242 e. The largest absolute Gasteiger partial charge is 0.493 e. The molecule has 0 aliphatic carbocycles. The first-order valence-electron chi connectivity index (χ1n) is 9.37. The van der Waals surface area contributed by atoms with E-state index in [1.54, 1.807) is 4.90 Å². The molecule has 0 aromatic heterocycles. The number of hydrogen-bond donors (Lipinski definition) is 1. The molecule has 0 spiro atoms. The van der Waals surface area contributed by atoms with Gasteiger partial charge in [-0.2, -0.15) is 0 Å². The smallest absolute Gasteiger partial charge is 0.242 e. The number of carbonyl (C=O) groups excluding carboxylic acids is 2. The van der Waals surface area contributed by atoms with Crippen LogP contribution in [0.1, 0.15) is 30.9 Å². The maximum absolute atomic E-state index is 12.3. The van der Waals surface area contributed by atoms with Gasteiger partial charge in [0.05, 0.1) is 13.2 Å². The lowest BCUT2D eigenvalue weighted by Crippen LogP contribution is -2.39. The second-order valence-electron chi connectivity index (χ2n) is 6.39. The first kappa shape index (κ1) is 20.5. The predicted molar refractivity (Wildman–Crippen MR) is 106 cm³/mol. The highest BCUT2D eigenvalue weighted by atomic mass is 16.5. The molecule has 0 aliphatic heterocycles. The van der Waals surface area contributed by atoms with Crippen molar-refractivity contribution in [2.75, 3.05) is 19.7 Å². The maximum atomic E-state index is 12.3. The lowest BCUT2D eigenvalue weighted by molar-refractivity contribution is -0.133. The number of nitrogens with zero attached hydrogens (tertiary/aromatic N) is 1. The first-order chi connectivity index (χ1) is 13.1. The van der Waals surface area contributed by atoms with Gasteiger partial charge in [0.2, 0.25) is 11.8 Å². The fourth-order valence-corrected chi connectivity index (χ4v) is 2.69. The molecule has 0 saturated heterocycles. The van der Waals surface area contributed by atoms with Gasteiger partial charge >= 0.3 is 0 Å². The molecular weight excluding hydrogens is 340 g/mol. The first-order valence-corrected chi connectivity index (χ1v) is 9.37. The fraction of sp³-hybridized carbons (Fsp3) is 0.364. The van der Waals surface area contributed by atoms with E-state index in [9.17, 15) is 9.59 Å². The van der Waals surface area contributed by atoms with Gasteiger partial charge in [-0.3, -0.25) is 9.59 Å². The van der Waals surface area contributed by atoms with Crippen LogP contribution in [0.5, 0.6) is 5.75 Å². The number of carbonyl (C=O) groups is 2. The van der Waals surface area contributed by atoms with Gasteiger partial charge in [0, 0.05) is 19.5 Å². The Labute approximate surface area is 161 Å². The van der Waals surface area contributed by atoms with Gasteiger partial charge in [-0.15, -0.1) is 0 Å². The summed E-state index contributed by atoms with van der Waals surface area (Å²) in [5, 5.41) is 2.71. The Morgan fingerprint density at radius 1 is 1.04 bits per heavy atom. The van der Waals surface area contributed by atoms with Crippen LogP contribution in [0.4, 0.5) is 0 Å². The van der Waals surface area contributed by atoms with Crippen LogP contribution in [0.3, 0.4) is 0 Å². The highest BCUT2D eigenvalue weighted by Gasteiger charge is 2.13. The summed E-state index contributed by atoms with van der Waals surface area (Å²) in [6.45, 7) is 5.58. The van der Waals surface area contributed by atoms with Crippen molar-refractivity contribution in [3.63, 3.8) is 0 Å². The van der Waals surface area contributed by atoms with Crippen LogP contribution in [-0.4, -0.2) is 36.4 Å².